The number of thiophene rings is 1. The lowest BCUT2D eigenvalue weighted by Gasteiger charge is -2.11. The van der Waals surface area contributed by atoms with Gasteiger partial charge in [0.15, 0.2) is 0 Å². The van der Waals surface area contributed by atoms with E-state index in [0.717, 1.165) is 4.88 Å². The van der Waals surface area contributed by atoms with Crippen molar-refractivity contribution in [1.82, 2.24) is 0 Å². The van der Waals surface area contributed by atoms with Crippen molar-refractivity contribution in [3.8, 4) is 0 Å². The summed E-state index contributed by atoms with van der Waals surface area (Å²) in [5, 5.41) is 3.43. The van der Waals surface area contributed by atoms with Crippen molar-refractivity contribution in [3.05, 3.63) is 62.3 Å². The molecule has 1 N–H and O–H groups in total. The van der Waals surface area contributed by atoms with Gasteiger partial charge in [0.05, 0.1) is 25.7 Å². The highest BCUT2D eigenvalue weighted by Gasteiger charge is 2.38. The molecule has 1 aliphatic rings. The minimum absolute atomic E-state index is 0.115. The highest BCUT2D eigenvalue weighted by atomic mass is 32.1. The van der Waals surface area contributed by atoms with E-state index in [2.05, 4.69) is 5.32 Å². The molecule has 1 amide bonds. The molecule has 154 valence electrons. The standard InChI is InChI=1S/C21H17NO7S/c1-27-19(24)11-7-8-14-15(11)16(21(26)28-2)18(30-14)22-17(23)12-9-10-5-3-4-6-13(10)29-20(12)25/h3-6,9,11H,7-8H2,1-2H3,(H,22,23). The molecule has 0 aliphatic heterocycles. The Morgan fingerprint density at radius 3 is 2.67 bits per heavy atom. The first kappa shape index (κ1) is 19.8. The smallest absolute Gasteiger partial charge is 0.349 e. The van der Waals surface area contributed by atoms with Gasteiger partial charge in [0, 0.05) is 10.3 Å². The average Bonchev–Trinajstić information content (AvgIpc) is 3.30. The zero-order valence-corrected chi connectivity index (χ0v) is 17.0. The number of amides is 1. The summed E-state index contributed by atoms with van der Waals surface area (Å²) >= 11 is 1.18. The van der Waals surface area contributed by atoms with E-state index in [-0.39, 0.29) is 16.1 Å². The fraction of sp³-hybridized carbons (Fsp3) is 0.238. The number of aryl methyl sites for hydroxylation is 1. The number of methoxy groups -OCH3 is 2. The Morgan fingerprint density at radius 1 is 1.17 bits per heavy atom. The zero-order valence-electron chi connectivity index (χ0n) is 16.1. The first-order valence-electron chi connectivity index (χ1n) is 9.10. The molecule has 4 rings (SSSR count). The molecule has 8 nitrogen and oxygen atoms in total. The molecular weight excluding hydrogens is 410 g/mol. The van der Waals surface area contributed by atoms with Gasteiger partial charge >= 0.3 is 17.6 Å². The molecule has 1 aromatic carbocycles. The summed E-state index contributed by atoms with van der Waals surface area (Å²) < 4.78 is 14.9. The molecule has 1 unspecified atom stereocenters. The van der Waals surface area contributed by atoms with Gasteiger partial charge in [-0.15, -0.1) is 11.3 Å². The van der Waals surface area contributed by atoms with E-state index in [1.54, 1.807) is 24.3 Å². The lowest BCUT2D eigenvalue weighted by atomic mass is 9.99. The molecule has 0 saturated heterocycles. The Bertz CT molecular complexity index is 1240. The summed E-state index contributed by atoms with van der Waals surface area (Å²) in [4.78, 5) is 50.5. The van der Waals surface area contributed by atoms with Crippen LogP contribution in [0.2, 0.25) is 0 Å². The van der Waals surface area contributed by atoms with E-state index in [4.69, 9.17) is 13.9 Å². The molecule has 2 heterocycles. The van der Waals surface area contributed by atoms with Crippen LogP contribution in [0.25, 0.3) is 11.0 Å². The Balaban J connectivity index is 1.74. The van der Waals surface area contributed by atoms with E-state index in [1.807, 2.05) is 0 Å². The number of fused-ring (bicyclic) bond motifs is 2. The summed E-state index contributed by atoms with van der Waals surface area (Å²) in [7, 11) is 2.50. The molecule has 2 aromatic heterocycles. The number of hydrogen-bond acceptors (Lipinski definition) is 8. The summed E-state index contributed by atoms with van der Waals surface area (Å²) in [6.07, 6.45) is 1.08. The topological polar surface area (TPSA) is 112 Å². The van der Waals surface area contributed by atoms with Gasteiger partial charge in [-0.05, 0) is 30.5 Å². The number of benzene rings is 1. The fourth-order valence-electron chi connectivity index (χ4n) is 3.63. The molecule has 0 bridgehead atoms. The van der Waals surface area contributed by atoms with Crippen LogP contribution >= 0.6 is 11.3 Å². The molecule has 9 heteroatoms. The predicted octanol–water partition coefficient (Wildman–Crippen LogP) is 3.10. The minimum Gasteiger partial charge on any atom is -0.469 e. The van der Waals surface area contributed by atoms with Crippen LogP contribution in [0.3, 0.4) is 0 Å². The lowest BCUT2D eigenvalue weighted by molar-refractivity contribution is -0.142. The maximum atomic E-state index is 12.8. The molecule has 0 fully saturated rings. The number of anilines is 1. The van der Waals surface area contributed by atoms with Crippen LogP contribution in [0.4, 0.5) is 5.00 Å². The summed E-state index contributed by atoms with van der Waals surface area (Å²) in [5.41, 5.74) is 0.0127. The number of hydrogen-bond donors (Lipinski definition) is 1. The SMILES string of the molecule is COC(=O)c1c(NC(=O)c2cc3ccccc3oc2=O)sc2c1C(C(=O)OC)CC2. The molecule has 0 saturated carbocycles. The summed E-state index contributed by atoms with van der Waals surface area (Å²) in [6, 6.07) is 8.27. The van der Waals surface area contributed by atoms with Gasteiger partial charge < -0.3 is 19.2 Å². The van der Waals surface area contributed by atoms with Crippen LogP contribution in [0.5, 0.6) is 0 Å². The van der Waals surface area contributed by atoms with Crippen molar-refractivity contribution < 1.29 is 28.3 Å². The van der Waals surface area contributed by atoms with Crippen molar-refractivity contribution in [2.24, 2.45) is 0 Å². The normalized spacial score (nSPS) is 14.9. The Kier molecular flexibility index (Phi) is 5.13. The van der Waals surface area contributed by atoms with Crippen LogP contribution in [0, 0.1) is 0 Å². The van der Waals surface area contributed by atoms with Crippen LogP contribution in [0.15, 0.2) is 39.5 Å². The second-order valence-electron chi connectivity index (χ2n) is 6.69. The van der Waals surface area contributed by atoms with E-state index in [0.29, 0.717) is 29.4 Å². The predicted molar refractivity (Wildman–Crippen MR) is 109 cm³/mol. The number of carbonyl (C=O) groups excluding carboxylic acids is 3. The number of rotatable bonds is 4. The Labute approximate surface area is 174 Å². The molecular formula is C21H17NO7S. The van der Waals surface area contributed by atoms with Crippen molar-refractivity contribution in [2.75, 3.05) is 19.5 Å². The van der Waals surface area contributed by atoms with Gasteiger partial charge in [-0.3, -0.25) is 9.59 Å². The van der Waals surface area contributed by atoms with Crippen molar-refractivity contribution in [3.63, 3.8) is 0 Å². The maximum Gasteiger partial charge on any atom is 0.349 e. The van der Waals surface area contributed by atoms with Crippen molar-refractivity contribution >= 4 is 45.2 Å². The van der Waals surface area contributed by atoms with Crippen molar-refractivity contribution in [1.29, 1.82) is 0 Å². The second kappa shape index (κ2) is 7.75. The maximum absolute atomic E-state index is 12.8. The summed E-state index contributed by atoms with van der Waals surface area (Å²) in [6.45, 7) is 0. The highest BCUT2D eigenvalue weighted by Crippen LogP contribution is 2.46. The van der Waals surface area contributed by atoms with Crippen LogP contribution < -0.4 is 10.9 Å². The number of nitrogens with one attached hydrogen (secondary N) is 1. The molecule has 1 aliphatic carbocycles. The number of para-hydroxylation sites is 1. The minimum atomic E-state index is -0.789. The van der Waals surface area contributed by atoms with Gasteiger partial charge in [0.25, 0.3) is 5.91 Å². The molecule has 1 atom stereocenters. The molecule has 0 radical (unpaired) electrons. The highest BCUT2D eigenvalue weighted by molar-refractivity contribution is 7.17. The number of ether oxygens (including phenoxy) is 2. The van der Waals surface area contributed by atoms with Gasteiger partial charge in [0.1, 0.15) is 16.1 Å². The summed E-state index contributed by atoms with van der Waals surface area (Å²) in [5.74, 6) is -2.45. The van der Waals surface area contributed by atoms with Gasteiger partial charge in [-0.25, -0.2) is 9.59 Å². The average molecular weight is 427 g/mol. The molecule has 3 aromatic rings. The van der Waals surface area contributed by atoms with Crippen LogP contribution in [0.1, 0.15) is 43.5 Å². The van der Waals surface area contributed by atoms with Gasteiger partial charge in [-0.1, -0.05) is 18.2 Å². The Hall–Kier alpha value is -3.46. The van der Waals surface area contributed by atoms with Crippen molar-refractivity contribution in [2.45, 2.75) is 18.8 Å². The second-order valence-corrected chi connectivity index (χ2v) is 7.79. The Morgan fingerprint density at radius 2 is 1.93 bits per heavy atom. The first-order chi connectivity index (χ1) is 14.4. The van der Waals surface area contributed by atoms with Crippen LogP contribution in [-0.4, -0.2) is 32.1 Å². The first-order valence-corrected chi connectivity index (χ1v) is 9.92. The third-order valence-electron chi connectivity index (χ3n) is 5.02. The van der Waals surface area contributed by atoms with E-state index in [1.165, 1.54) is 31.6 Å². The third-order valence-corrected chi connectivity index (χ3v) is 6.20. The van der Waals surface area contributed by atoms with E-state index < -0.39 is 29.4 Å². The lowest BCUT2D eigenvalue weighted by Crippen LogP contribution is -2.22. The van der Waals surface area contributed by atoms with E-state index >= 15 is 0 Å². The third kappa shape index (κ3) is 3.26. The molecule has 30 heavy (non-hydrogen) atoms. The zero-order chi connectivity index (χ0) is 21.4. The number of esters is 2. The number of carbonyl (C=O) groups is 3. The van der Waals surface area contributed by atoms with Crippen LogP contribution in [-0.2, 0) is 20.7 Å². The fourth-order valence-corrected chi connectivity index (χ4v) is 4.89. The van der Waals surface area contributed by atoms with Gasteiger partial charge in [-0.2, -0.15) is 0 Å². The molecule has 0 spiro atoms. The largest absolute Gasteiger partial charge is 0.469 e. The quantitative estimate of drug-likeness (QED) is 0.503. The monoisotopic (exact) mass is 427 g/mol. The van der Waals surface area contributed by atoms with Gasteiger partial charge in [0.2, 0.25) is 0 Å². The van der Waals surface area contributed by atoms with E-state index in [9.17, 15) is 19.2 Å².